The summed E-state index contributed by atoms with van der Waals surface area (Å²) in [5, 5.41) is 20.0. The predicted molar refractivity (Wildman–Crippen MR) is 60.0 cm³/mol. The van der Waals surface area contributed by atoms with E-state index in [0.717, 1.165) is 5.69 Å². The van der Waals surface area contributed by atoms with Crippen molar-refractivity contribution in [2.24, 2.45) is 0 Å². The van der Waals surface area contributed by atoms with Gasteiger partial charge >= 0.3 is 0 Å². The number of benzene rings is 1. The van der Waals surface area contributed by atoms with Gasteiger partial charge in [-0.25, -0.2) is 0 Å². The first kappa shape index (κ1) is 10.2. The number of methoxy groups -OCH3 is 1. The first-order valence-electron chi connectivity index (χ1n) is 4.72. The summed E-state index contributed by atoms with van der Waals surface area (Å²) in [5.41, 5.74) is 0.750. The van der Waals surface area contributed by atoms with Crippen LogP contribution in [0.4, 0.5) is 11.5 Å². The Labute approximate surface area is 92.7 Å². The van der Waals surface area contributed by atoms with Crippen molar-refractivity contribution in [1.82, 2.24) is 10.2 Å². The molecule has 1 aromatic carbocycles. The van der Waals surface area contributed by atoms with Crippen LogP contribution in [0.2, 0.25) is 0 Å². The van der Waals surface area contributed by atoms with Crippen molar-refractivity contribution in [2.75, 3.05) is 12.4 Å². The molecular formula is C11H11N3O2. The van der Waals surface area contributed by atoms with Gasteiger partial charge < -0.3 is 15.2 Å². The molecule has 0 aliphatic heterocycles. The van der Waals surface area contributed by atoms with Crippen LogP contribution in [0.15, 0.2) is 36.4 Å². The second-order valence-electron chi connectivity index (χ2n) is 3.14. The Bertz CT molecular complexity index is 471. The highest BCUT2D eigenvalue weighted by molar-refractivity contribution is 5.57. The monoisotopic (exact) mass is 217 g/mol. The fourth-order valence-electron chi connectivity index (χ4n) is 1.23. The molecule has 5 heteroatoms. The summed E-state index contributed by atoms with van der Waals surface area (Å²) in [6, 6.07) is 10.2. The lowest BCUT2D eigenvalue weighted by molar-refractivity contribution is 0.392. The van der Waals surface area contributed by atoms with Gasteiger partial charge in [-0.05, 0) is 18.2 Å². The third-order valence-electron chi connectivity index (χ3n) is 1.97. The third kappa shape index (κ3) is 2.38. The molecule has 0 fully saturated rings. The molecule has 1 heterocycles. The van der Waals surface area contributed by atoms with Crippen LogP contribution in [0.1, 0.15) is 0 Å². The van der Waals surface area contributed by atoms with Crippen molar-refractivity contribution < 1.29 is 9.84 Å². The van der Waals surface area contributed by atoms with Crippen LogP contribution in [-0.4, -0.2) is 22.4 Å². The Balaban J connectivity index is 2.14. The number of nitrogens with one attached hydrogen (secondary N) is 1. The standard InChI is InChI=1S/C11H11N3O2/c1-16-11-6-5-10(13-14-11)12-8-3-2-4-9(15)7-8/h2-7,15H,1H3,(H,12,13). The lowest BCUT2D eigenvalue weighted by Gasteiger charge is -2.05. The summed E-state index contributed by atoms with van der Waals surface area (Å²) in [7, 11) is 1.53. The highest BCUT2D eigenvalue weighted by Crippen LogP contribution is 2.19. The molecule has 16 heavy (non-hydrogen) atoms. The van der Waals surface area contributed by atoms with Gasteiger partial charge in [-0.1, -0.05) is 6.07 Å². The van der Waals surface area contributed by atoms with Crippen LogP contribution in [0.25, 0.3) is 0 Å². The smallest absolute Gasteiger partial charge is 0.233 e. The van der Waals surface area contributed by atoms with E-state index in [2.05, 4.69) is 15.5 Å². The number of aromatic hydroxyl groups is 1. The number of hydrogen-bond donors (Lipinski definition) is 2. The van der Waals surface area contributed by atoms with E-state index in [-0.39, 0.29) is 5.75 Å². The minimum absolute atomic E-state index is 0.200. The molecule has 0 radical (unpaired) electrons. The maximum atomic E-state index is 9.28. The number of rotatable bonds is 3. The summed E-state index contributed by atoms with van der Waals surface area (Å²) in [6.45, 7) is 0. The molecule has 0 saturated heterocycles. The van der Waals surface area contributed by atoms with Crippen LogP contribution < -0.4 is 10.1 Å². The summed E-state index contributed by atoms with van der Waals surface area (Å²) >= 11 is 0. The van der Waals surface area contributed by atoms with E-state index in [1.54, 1.807) is 30.3 Å². The lowest BCUT2D eigenvalue weighted by atomic mass is 10.3. The summed E-state index contributed by atoms with van der Waals surface area (Å²) in [6.07, 6.45) is 0. The SMILES string of the molecule is COc1ccc(Nc2cccc(O)c2)nn1. The molecule has 1 aromatic heterocycles. The molecule has 2 aromatic rings. The van der Waals surface area contributed by atoms with Gasteiger partial charge in [0.15, 0.2) is 5.82 Å². The van der Waals surface area contributed by atoms with Crippen molar-refractivity contribution in [3.05, 3.63) is 36.4 Å². The molecule has 0 bridgehead atoms. The topological polar surface area (TPSA) is 67.3 Å². The molecule has 0 saturated carbocycles. The van der Waals surface area contributed by atoms with E-state index in [1.165, 1.54) is 7.11 Å². The summed E-state index contributed by atoms with van der Waals surface area (Å²) < 4.78 is 4.90. The van der Waals surface area contributed by atoms with Crippen molar-refractivity contribution in [3.8, 4) is 11.6 Å². The molecule has 82 valence electrons. The van der Waals surface area contributed by atoms with Crippen molar-refractivity contribution in [1.29, 1.82) is 0 Å². The molecule has 0 unspecified atom stereocenters. The number of ether oxygens (including phenoxy) is 1. The van der Waals surface area contributed by atoms with E-state index < -0.39 is 0 Å². The predicted octanol–water partition coefficient (Wildman–Crippen LogP) is 1.93. The first-order valence-corrected chi connectivity index (χ1v) is 4.72. The zero-order valence-corrected chi connectivity index (χ0v) is 8.71. The van der Waals surface area contributed by atoms with Crippen LogP contribution >= 0.6 is 0 Å². The molecule has 0 aliphatic carbocycles. The highest BCUT2D eigenvalue weighted by Gasteiger charge is 1.98. The van der Waals surface area contributed by atoms with E-state index >= 15 is 0 Å². The number of phenols is 1. The maximum absolute atomic E-state index is 9.28. The fourth-order valence-corrected chi connectivity index (χ4v) is 1.23. The van der Waals surface area contributed by atoms with Crippen LogP contribution in [0.3, 0.4) is 0 Å². The molecule has 2 N–H and O–H groups in total. The molecular weight excluding hydrogens is 206 g/mol. The number of phenolic OH excluding ortho intramolecular Hbond substituents is 1. The molecule has 2 rings (SSSR count). The summed E-state index contributed by atoms with van der Waals surface area (Å²) in [4.78, 5) is 0. The largest absolute Gasteiger partial charge is 0.508 e. The van der Waals surface area contributed by atoms with Crippen LogP contribution in [0, 0.1) is 0 Å². The van der Waals surface area contributed by atoms with Gasteiger partial charge in [-0.2, -0.15) is 0 Å². The number of aromatic nitrogens is 2. The van der Waals surface area contributed by atoms with E-state index in [9.17, 15) is 5.11 Å². The van der Waals surface area contributed by atoms with Crippen molar-refractivity contribution in [3.63, 3.8) is 0 Å². The molecule has 0 amide bonds. The summed E-state index contributed by atoms with van der Waals surface area (Å²) in [5.74, 6) is 1.25. The zero-order chi connectivity index (χ0) is 11.4. The quantitative estimate of drug-likeness (QED) is 0.822. The fraction of sp³-hybridized carbons (Fsp3) is 0.0909. The maximum Gasteiger partial charge on any atom is 0.233 e. The van der Waals surface area contributed by atoms with E-state index in [4.69, 9.17) is 4.74 Å². The number of nitrogens with zero attached hydrogens (tertiary/aromatic N) is 2. The Hall–Kier alpha value is -2.30. The lowest BCUT2D eigenvalue weighted by Crippen LogP contribution is -1.96. The third-order valence-corrected chi connectivity index (χ3v) is 1.97. The minimum Gasteiger partial charge on any atom is -0.508 e. The Morgan fingerprint density at radius 1 is 1.19 bits per heavy atom. The first-order chi connectivity index (χ1) is 7.78. The zero-order valence-electron chi connectivity index (χ0n) is 8.71. The molecule has 0 aliphatic rings. The Morgan fingerprint density at radius 2 is 2.06 bits per heavy atom. The normalized spacial score (nSPS) is 9.81. The van der Waals surface area contributed by atoms with Gasteiger partial charge in [-0.3, -0.25) is 0 Å². The average molecular weight is 217 g/mol. The van der Waals surface area contributed by atoms with E-state index in [1.807, 2.05) is 6.07 Å². The van der Waals surface area contributed by atoms with Crippen LogP contribution in [0.5, 0.6) is 11.6 Å². The molecule has 5 nitrogen and oxygen atoms in total. The van der Waals surface area contributed by atoms with Gasteiger partial charge in [0, 0.05) is 17.8 Å². The van der Waals surface area contributed by atoms with Gasteiger partial charge in [-0.15, -0.1) is 10.2 Å². The van der Waals surface area contributed by atoms with Crippen molar-refractivity contribution >= 4 is 11.5 Å². The Morgan fingerprint density at radius 3 is 2.69 bits per heavy atom. The van der Waals surface area contributed by atoms with Crippen molar-refractivity contribution in [2.45, 2.75) is 0 Å². The number of hydrogen-bond acceptors (Lipinski definition) is 5. The Kier molecular flexibility index (Phi) is 2.86. The van der Waals surface area contributed by atoms with Gasteiger partial charge in [0.2, 0.25) is 5.88 Å². The highest BCUT2D eigenvalue weighted by atomic mass is 16.5. The van der Waals surface area contributed by atoms with Gasteiger partial charge in [0.1, 0.15) is 5.75 Å². The molecule has 0 spiro atoms. The van der Waals surface area contributed by atoms with Crippen LogP contribution in [-0.2, 0) is 0 Å². The van der Waals surface area contributed by atoms with Gasteiger partial charge in [0.25, 0.3) is 0 Å². The average Bonchev–Trinajstić information content (AvgIpc) is 2.30. The number of anilines is 2. The van der Waals surface area contributed by atoms with E-state index in [0.29, 0.717) is 11.7 Å². The second-order valence-corrected chi connectivity index (χ2v) is 3.14. The van der Waals surface area contributed by atoms with Gasteiger partial charge in [0.05, 0.1) is 7.11 Å². The molecule has 0 atom stereocenters. The second kappa shape index (κ2) is 4.48. The minimum atomic E-state index is 0.200.